The number of aromatic nitrogens is 3. The molecule has 1 saturated heterocycles. The number of hydrogen-bond acceptors (Lipinski definition) is 5. The van der Waals surface area contributed by atoms with E-state index in [1.54, 1.807) is 48.5 Å². The smallest absolute Gasteiger partial charge is 0.263 e. The predicted molar refractivity (Wildman–Crippen MR) is 111 cm³/mol. The molecule has 1 aliphatic heterocycles. The third-order valence-electron chi connectivity index (χ3n) is 5.24. The standard InChI is InChI=1S/C22H22N4O3/c1-29-18-5-2-4-16(14-18)7-8-20(27)25-12-9-17(10-13-25)26-15-24-21-19(22(26)28)6-3-11-23-21/h2-8,11,14-15,17H,9-10,12-13H2,1H3. The monoisotopic (exact) mass is 390 g/mol. The zero-order valence-electron chi connectivity index (χ0n) is 16.2. The number of amides is 1. The number of fused-ring (bicyclic) bond motifs is 1. The zero-order valence-corrected chi connectivity index (χ0v) is 16.2. The lowest BCUT2D eigenvalue weighted by atomic mass is 10.0. The van der Waals surface area contributed by atoms with Gasteiger partial charge in [0, 0.05) is 31.4 Å². The maximum absolute atomic E-state index is 12.7. The molecule has 0 spiro atoms. The molecular weight excluding hydrogens is 368 g/mol. The van der Waals surface area contributed by atoms with E-state index in [-0.39, 0.29) is 17.5 Å². The summed E-state index contributed by atoms with van der Waals surface area (Å²) in [5.41, 5.74) is 1.30. The topological polar surface area (TPSA) is 77.3 Å². The molecule has 1 amide bonds. The molecule has 3 aromatic rings. The van der Waals surface area contributed by atoms with Gasteiger partial charge in [-0.25, -0.2) is 9.97 Å². The van der Waals surface area contributed by atoms with E-state index in [2.05, 4.69) is 9.97 Å². The van der Waals surface area contributed by atoms with Gasteiger partial charge in [0.05, 0.1) is 12.5 Å². The van der Waals surface area contributed by atoms with Crippen LogP contribution in [0, 0.1) is 0 Å². The summed E-state index contributed by atoms with van der Waals surface area (Å²) in [5.74, 6) is 0.726. The molecule has 0 atom stereocenters. The van der Waals surface area contributed by atoms with E-state index in [1.165, 1.54) is 0 Å². The Morgan fingerprint density at radius 3 is 2.79 bits per heavy atom. The highest BCUT2D eigenvalue weighted by Gasteiger charge is 2.24. The predicted octanol–water partition coefficient (Wildman–Crippen LogP) is 2.68. The van der Waals surface area contributed by atoms with Crippen LogP contribution in [0.3, 0.4) is 0 Å². The molecule has 3 heterocycles. The fourth-order valence-corrected chi connectivity index (χ4v) is 3.62. The average molecular weight is 390 g/mol. The summed E-state index contributed by atoms with van der Waals surface area (Å²) in [6.45, 7) is 1.20. The Balaban J connectivity index is 1.41. The zero-order chi connectivity index (χ0) is 20.2. The second-order valence-corrected chi connectivity index (χ2v) is 7.00. The number of carbonyl (C=O) groups is 1. The summed E-state index contributed by atoms with van der Waals surface area (Å²) < 4.78 is 6.88. The van der Waals surface area contributed by atoms with Gasteiger partial charge in [-0.05, 0) is 48.7 Å². The molecule has 0 saturated carbocycles. The normalized spacial score (nSPS) is 15.1. The fraction of sp³-hybridized carbons (Fsp3) is 0.273. The molecule has 1 aliphatic rings. The van der Waals surface area contributed by atoms with E-state index in [1.807, 2.05) is 29.2 Å². The van der Waals surface area contributed by atoms with Gasteiger partial charge in [0.25, 0.3) is 5.56 Å². The van der Waals surface area contributed by atoms with Crippen LogP contribution in [-0.4, -0.2) is 45.5 Å². The highest BCUT2D eigenvalue weighted by atomic mass is 16.5. The van der Waals surface area contributed by atoms with Gasteiger partial charge < -0.3 is 9.64 Å². The Labute approximate surface area is 168 Å². The van der Waals surface area contributed by atoms with Crippen molar-refractivity contribution in [3.05, 3.63) is 70.9 Å². The van der Waals surface area contributed by atoms with Crippen LogP contribution in [0.25, 0.3) is 17.1 Å². The molecule has 0 N–H and O–H groups in total. The number of rotatable bonds is 4. The molecule has 148 valence electrons. The molecule has 1 aromatic carbocycles. The molecule has 0 unspecified atom stereocenters. The molecular formula is C22H22N4O3. The number of likely N-dealkylation sites (tertiary alicyclic amines) is 1. The second-order valence-electron chi connectivity index (χ2n) is 7.00. The first-order chi connectivity index (χ1) is 14.2. The van der Waals surface area contributed by atoms with Crippen LogP contribution in [-0.2, 0) is 4.79 Å². The average Bonchev–Trinajstić information content (AvgIpc) is 2.78. The van der Waals surface area contributed by atoms with E-state index in [0.29, 0.717) is 37.0 Å². The maximum atomic E-state index is 12.7. The van der Waals surface area contributed by atoms with Crippen LogP contribution in [0.2, 0.25) is 0 Å². The van der Waals surface area contributed by atoms with E-state index < -0.39 is 0 Å². The lowest BCUT2D eigenvalue weighted by Crippen LogP contribution is -2.40. The van der Waals surface area contributed by atoms with E-state index in [9.17, 15) is 9.59 Å². The summed E-state index contributed by atoms with van der Waals surface area (Å²) in [7, 11) is 1.62. The molecule has 0 bridgehead atoms. The van der Waals surface area contributed by atoms with Gasteiger partial charge in [0.2, 0.25) is 5.91 Å². The van der Waals surface area contributed by atoms with Crippen LogP contribution >= 0.6 is 0 Å². The van der Waals surface area contributed by atoms with E-state index in [4.69, 9.17) is 4.74 Å². The first-order valence-electron chi connectivity index (χ1n) is 9.58. The number of ether oxygens (including phenoxy) is 1. The van der Waals surface area contributed by atoms with Gasteiger partial charge in [-0.3, -0.25) is 14.2 Å². The molecule has 29 heavy (non-hydrogen) atoms. The molecule has 7 heteroatoms. The molecule has 0 radical (unpaired) electrons. The first kappa shape index (κ1) is 18.9. The number of pyridine rings is 1. The van der Waals surface area contributed by atoms with Crippen molar-refractivity contribution in [2.75, 3.05) is 20.2 Å². The van der Waals surface area contributed by atoms with Crippen molar-refractivity contribution in [3.63, 3.8) is 0 Å². The van der Waals surface area contributed by atoms with Crippen LogP contribution in [0.5, 0.6) is 5.75 Å². The summed E-state index contributed by atoms with van der Waals surface area (Å²) in [5, 5.41) is 0.523. The SMILES string of the molecule is COc1cccc(C=CC(=O)N2CCC(n3cnc4ncccc4c3=O)CC2)c1. The van der Waals surface area contributed by atoms with Crippen LogP contribution in [0.4, 0.5) is 0 Å². The summed E-state index contributed by atoms with van der Waals surface area (Å²) in [6, 6.07) is 11.1. The van der Waals surface area contributed by atoms with E-state index in [0.717, 1.165) is 11.3 Å². The third-order valence-corrected chi connectivity index (χ3v) is 5.24. The highest BCUT2D eigenvalue weighted by Crippen LogP contribution is 2.22. The lowest BCUT2D eigenvalue weighted by molar-refractivity contribution is -0.127. The van der Waals surface area contributed by atoms with Gasteiger partial charge in [-0.15, -0.1) is 0 Å². The Bertz CT molecular complexity index is 1110. The van der Waals surface area contributed by atoms with Crippen LogP contribution < -0.4 is 10.3 Å². The number of piperidine rings is 1. The highest BCUT2D eigenvalue weighted by molar-refractivity contribution is 5.91. The molecule has 0 aliphatic carbocycles. The van der Waals surface area contributed by atoms with E-state index >= 15 is 0 Å². The quantitative estimate of drug-likeness (QED) is 0.640. The Kier molecular flexibility index (Phi) is 5.37. The number of carbonyl (C=O) groups excluding carboxylic acids is 1. The number of hydrogen-bond donors (Lipinski definition) is 0. The van der Waals surface area contributed by atoms with Gasteiger partial charge in [0.15, 0.2) is 5.65 Å². The second kappa shape index (κ2) is 8.26. The first-order valence-corrected chi connectivity index (χ1v) is 9.58. The summed E-state index contributed by atoms with van der Waals surface area (Å²) in [4.78, 5) is 35.5. The minimum Gasteiger partial charge on any atom is -0.497 e. The van der Waals surface area contributed by atoms with Crippen molar-refractivity contribution in [1.29, 1.82) is 0 Å². The molecule has 1 fully saturated rings. The Morgan fingerprint density at radius 2 is 2.00 bits per heavy atom. The van der Waals surface area contributed by atoms with Crippen molar-refractivity contribution in [2.45, 2.75) is 18.9 Å². The minimum atomic E-state index is -0.0780. The molecule has 4 rings (SSSR count). The van der Waals surface area contributed by atoms with Crippen LogP contribution in [0.1, 0.15) is 24.4 Å². The number of nitrogens with zero attached hydrogens (tertiary/aromatic N) is 4. The largest absolute Gasteiger partial charge is 0.497 e. The Hall–Kier alpha value is -3.48. The van der Waals surface area contributed by atoms with Crippen LogP contribution in [0.15, 0.2) is 59.8 Å². The number of methoxy groups -OCH3 is 1. The number of benzene rings is 1. The van der Waals surface area contributed by atoms with Crippen molar-refractivity contribution in [1.82, 2.24) is 19.4 Å². The Morgan fingerprint density at radius 1 is 1.17 bits per heavy atom. The van der Waals surface area contributed by atoms with Gasteiger partial charge in [-0.1, -0.05) is 12.1 Å². The van der Waals surface area contributed by atoms with Crippen molar-refractivity contribution in [3.8, 4) is 5.75 Å². The molecule has 7 nitrogen and oxygen atoms in total. The molecule has 2 aromatic heterocycles. The third kappa shape index (κ3) is 4.03. The summed E-state index contributed by atoms with van der Waals surface area (Å²) in [6.07, 6.45) is 8.01. The summed E-state index contributed by atoms with van der Waals surface area (Å²) >= 11 is 0. The van der Waals surface area contributed by atoms with Crippen molar-refractivity contribution >= 4 is 23.0 Å². The van der Waals surface area contributed by atoms with Gasteiger partial charge in [0.1, 0.15) is 12.1 Å². The van der Waals surface area contributed by atoms with Crippen molar-refractivity contribution in [2.24, 2.45) is 0 Å². The fourth-order valence-electron chi connectivity index (χ4n) is 3.62. The van der Waals surface area contributed by atoms with Crippen molar-refractivity contribution < 1.29 is 9.53 Å². The van der Waals surface area contributed by atoms with Gasteiger partial charge >= 0.3 is 0 Å². The minimum absolute atomic E-state index is 0.0283. The maximum Gasteiger partial charge on any atom is 0.263 e. The van der Waals surface area contributed by atoms with Gasteiger partial charge in [-0.2, -0.15) is 0 Å². The lowest BCUT2D eigenvalue weighted by Gasteiger charge is -2.32.